The summed E-state index contributed by atoms with van der Waals surface area (Å²) < 4.78 is 0. The molecule has 0 radical (unpaired) electrons. The van der Waals surface area contributed by atoms with E-state index in [4.69, 9.17) is 0 Å². The molecular formula is C11H14Ti. The number of hydrogen-bond donors (Lipinski definition) is 0. The molecular weight excluding hydrogens is 180 g/mol. The first-order valence-electron chi connectivity index (χ1n) is 3.43. The van der Waals surface area contributed by atoms with Gasteiger partial charge in [-0.05, 0) is 0 Å². The second-order valence-electron chi connectivity index (χ2n) is 2.01. The average Bonchev–Trinajstić information content (AvgIpc) is 2.67. The standard InChI is InChI=1S/2C5H5.CH3.Ti.H/c2*1-2-4-5-3-1;;;/h2*1-3H,4H2;1H3;;/q3*-1;+4;-1. The van der Waals surface area contributed by atoms with Gasteiger partial charge in [0.1, 0.15) is 0 Å². The molecule has 0 spiro atoms. The quantitative estimate of drug-likeness (QED) is 0.410. The van der Waals surface area contributed by atoms with Crippen LogP contribution in [0, 0.1) is 19.6 Å². The Morgan fingerprint density at radius 1 is 0.917 bits per heavy atom. The van der Waals surface area contributed by atoms with Crippen molar-refractivity contribution in [2.75, 3.05) is 0 Å². The summed E-state index contributed by atoms with van der Waals surface area (Å²) >= 11 is 0. The van der Waals surface area contributed by atoms with Crippen molar-refractivity contribution in [1.82, 2.24) is 0 Å². The minimum atomic E-state index is 0. The van der Waals surface area contributed by atoms with E-state index in [0.717, 1.165) is 12.8 Å². The topological polar surface area (TPSA) is 0 Å². The van der Waals surface area contributed by atoms with Gasteiger partial charge in [-0.1, -0.05) is 0 Å². The van der Waals surface area contributed by atoms with Gasteiger partial charge in [0.05, 0.1) is 0 Å². The van der Waals surface area contributed by atoms with E-state index in [-0.39, 0.29) is 30.6 Å². The van der Waals surface area contributed by atoms with E-state index in [9.17, 15) is 0 Å². The molecule has 0 amide bonds. The molecule has 0 aromatic rings. The van der Waals surface area contributed by atoms with Crippen molar-refractivity contribution in [2.45, 2.75) is 12.8 Å². The molecule has 0 saturated carbocycles. The van der Waals surface area contributed by atoms with E-state index in [2.05, 4.69) is 24.3 Å². The van der Waals surface area contributed by atoms with Gasteiger partial charge in [0, 0.05) is 0 Å². The predicted molar refractivity (Wildman–Crippen MR) is 50.7 cm³/mol. The number of allylic oxidation sites excluding steroid dienone is 8. The fraction of sp³-hybridized carbons (Fsp3) is 0.182. The molecule has 0 aromatic heterocycles. The van der Waals surface area contributed by atoms with Crippen LogP contribution in [0.2, 0.25) is 0 Å². The molecule has 0 heterocycles. The van der Waals surface area contributed by atoms with Crippen molar-refractivity contribution in [2.24, 2.45) is 0 Å². The molecule has 12 heavy (non-hydrogen) atoms. The zero-order valence-corrected chi connectivity index (χ0v) is 8.94. The second kappa shape index (κ2) is 10.7. The normalized spacial score (nSPS) is 14.7. The van der Waals surface area contributed by atoms with E-state index in [1.54, 1.807) is 0 Å². The Bertz CT molecular complexity index is 148. The van der Waals surface area contributed by atoms with E-state index in [1.807, 2.05) is 24.3 Å². The van der Waals surface area contributed by atoms with Gasteiger partial charge in [-0.2, -0.15) is 12.2 Å². The van der Waals surface area contributed by atoms with Crippen LogP contribution in [0.1, 0.15) is 14.3 Å². The SMILES string of the molecule is [C-]1=CC=CC1.[C-]1=CC=CC1.[CH3-].[H-].[Ti+4]. The summed E-state index contributed by atoms with van der Waals surface area (Å²) in [4.78, 5) is 0. The van der Waals surface area contributed by atoms with Crippen LogP contribution in [0.15, 0.2) is 36.5 Å². The zero-order chi connectivity index (χ0) is 7.07. The monoisotopic (exact) mass is 194 g/mol. The van der Waals surface area contributed by atoms with E-state index in [1.165, 1.54) is 0 Å². The minimum absolute atomic E-state index is 0. The van der Waals surface area contributed by atoms with Gasteiger partial charge in [0.25, 0.3) is 0 Å². The molecule has 1 heteroatoms. The fourth-order valence-electron chi connectivity index (χ4n) is 0.680. The van der Waals surface area contributed by atoms with Crippen molar-refractivity contribution in [3.63, 3.8) is 0 Å². The third-order valence-corrected chi connectivity index (χ3v) is 1.17. The first-order valence-corrected chi connectivity index (χ1v) is 3.43. The molecule has 2 aliphatic rings. The van der Waals surface area contributed by atoms with E-state index >= 15 is 0 Å². The molecule has 0 atom stereocenters. The molecule has 0 bridgehead atoms. The molecule has 0 nitrogen and oxygen atoms in total. The van der Waals surface area contributed by atoms with Gasteiger partial charge in [-0.3, -0.25) is 12.2 Å². The van der Waals surface area contributed by atoms with E-state index in [0.29, 0.717) is 0 Å². The summed E-state index contributed by atoms with van der Waals surface area (Å²) in [6.45, 7) is 0. The van der Waals surface area contributed by atoms with Crippen LogP contribution in [0.3, 0.4) is 0 Å². The number of hydrogen-bond acceptors (Lipinski definition) is 0. The summed E-state index contributed by atoms with van der Waals surface area (Å²) in [5.74, 6) is 0. The third-order valence-electron chi connectivity index (χ3n) is 1.17. The third kappa shape index (κ3) is 7.78. The van der Waals surface area contributed by atoms with Crippen LogP contribution in [0.25, 0.3) is 0 Å². The van der Waals surface area contributed by atoms with Gasteiger partial charge >= 0.3 is 21.7 Å². The maximum absolute atomic E-state index is 2.99. The van der Waals surface area contributed by atoms with Gasteiger partial charge in [-0.25, -0.2) is 24.3 Å². The Morgan fingerprint density at radius 2 is 1.33 bits per heavy atom. The van der Waals surface area contributed by atoms with Crippen molar-refractivity contribution < 1.29 is 23.1 Å². The van der Waals surface area contributed by atoms with Gasteiger partial charge in [0.2, 0.25) is 0 Å². The molecule has 0 aromatic carbocycles. The Morgan fingerprint density at radius 3 is 1.42 bits per heavy atom. The van der Waals surface area contributed by atoms with Crippen LogP contribution in [-0.2, 0) is 21.7 Å². The largest absolute Gasteiger partial charge is 4.00 e. The minimum Gasteiger partial charge on any atom is -1.00 e. The Balaban J connectivity index is -0.000000125. The smallest absolute Gasteiger partial charge is 1.00 e. The van der Waals surface area contributed by atoms with Gasteiger partial charge in [-0.15, -0.1) is 12.8 Å². The average molecular weight is 194 g/mol. The summed E-state index contributed by atoms with van der Waals surface area (Å²) in [6.07, 6.45) is 20.0. The molecule has 2 rings (SSSR count). The van der Waals surface area contributed by atoms with E-state index < -0.39 is 0 Å². The van der Waals surface area contributed by atoms with Crippen LogP contribution in [-0.4, -0.2) is 0 Å². The molecule has 0 unspecified atom stereocenters. The molecule has 0 saturated heterocycles. The predicted octanol–water partition coefficient (Wildman–Crippen LogP) is 3.17. The van der Waals surface area contributed by atoms with Crippen molar-refractivity contribution in [3.8, 4) is 0 Å². The Hall–Kier alpha value is -0.326. The summed E-state index contributed by atoms with van der Waals surface area (Å²) in [6, 6.07) is 0. The summed E-state index contributed by atoms with van der Waals surface area (Å²) in [5.41, 5.74) is 0. The fourth-order valence-corrected chi connectivity index (χ4v) is 0.680. The van der Waals surface area contributed by atoms with Crippen LogP contribution in [0.4, 0.5) is 0 Å². The van der Waals surface area contributed by atoms with Gasteiger partial charge in [0.15, 0.2) is 0 Å². The van der Waals surface area contributed by atoms with Crippen LogP contribution < -0.4 is 0 Å². The summed E-state index contributed by atoms with van der Waals surface area (Å²) in [5, 5.41) is 0. The molecule has 62 valence electrons. The van der Waals surface area contributed by atoms with Crippen molar-refractivity contribution in [3.05, 3.63) is 56.0 Å². The molecule has 0 aliphatic heterocycles. The summed E-state index contributed by atoms with van der Waals surface area (Å²) in [7, 11) is 0. The number of rotatable bonds is 0. The maximum atomic E-state index is 2.99. The van der Waals surface area contributed by atoms with Crippen LogP contribution in [0.5, 0.6) is 0 Å². The molecule has 0 fully saturated rings. The van der Waals surface area contributed by atoms with Crippen molar-refractivity contribution >= 4 is 0 Å². The Labute approximate surface area is 92.1 Å². The molecule has 2 aliphatic carbocycles. The van der Waals surface area contributed by atoms with Gasteiger partial charge < -0.3 is 8.85 Å². The van der Waals surface area contributed by atoms with Crippen molar-refractivity contribution in [1.29, 1.82) is 0 Å². The first-order chi connectivity index (χ1) is 5.00. The maximum Gasteiger partial charge on any atom is 4.00 e. The zero-order valence-electron chi connectivity index (χ0n) is 8.38. The second-order valence-corrected chi connectivity index (χ2v) is 2.01. The Kier molecular flexibility index (Phi) is 12.6. The van der Waals surface area contributed by atoms with Crippen LogP contribution >= 0.6 is 0 Å². The molecule has 0 N–H and O–H groups in total. The first kappa shape index (κ1) is 14.2.